The second-order valence-electron chi connectivity index (χ2n) is 5.93. The van der Waals surface area contributed by atoms with Gasteiger partial charge in [-0.25, -0.2) is 14.5 Å². The van der Waals surface area contributed by atoms with E-state index in [1.807, 2.05) is 13.2 Å². The minimum Gasteiger partial charge on any atom is -0.443 e. The molecule has 26 heavy (non-hydrogen) atoms. The van der Waals surface area contributed by atoms with E-state index in [1.165, 1.54) is 18.4 Å². The Hall–Kier alpha value is -3.09. The summed E-state index contributed by atoms with van der Waals surface area (Å²) in [6, 6.07) is 0. The Bertz CT molecular complexity index is 908. The number of allylic oxidation sites excluding steroid dienone is 4. The molecule has 0 bridgehead atoms. The first-order chi connectivity index (χ1) is 12.7. The van der Waals surface area contributed by atoms with Crippen LogP contribution in [-0.4, -0.2) is 26.6 Å². The lowest BCUT2D eigenvalue weighted by molar-refractivity contribution is 0.571. The fourth-order valence-corrected chi connectivity index (χ4v) is 3.00. The lowest BCUT2D eigenvalue weighted by Crippen LogP contribution is -2.04. The molecule has 3 aromatic heterocycles. The third-order valence-corrected chi connectivity index (χ3v) is 4.25. The first kappa shape index (κ1) is 17.7. The summed E-state index contributed by atoms with van der Waals surface area (Å²) in [6.45, 7) is 2.14. The lowest BCUT2D eigenvalue weighted by atomic mass is 10.1. The predicted octanol–water partition coefficient (Wildman–Crippen LogP) is 3.36. The molecule has 3 N–H and O–H groups in total. The van der Waals surface area contributed by atoms with Crippen molar-refractivity contribution in [1.82, 2.24) is 24.9 Å². The molecule has 0 unspecified atom stereocenters. The average molecular weight is 352 g/mol. The van der Waals surface area contributed by atoms with Gasteiger partial charge in [0, 0.05) is 24.5 Å². The second-order valence-corrected chi connectivity index (χ2v) is 5.93. The Morgan fingerprint density at radius 1 is 1.38 bits per heavy atom. The number of oxazole rings is 1. The molecule has 0 atom stereocenters. The van der Waals surface area contributed by atoms with Gasteiger partial charge < -0.3 is 15.5 Å². The van der Waals surface area contributed by atoms with Crippen LogP contribution in [0.15, 0.2) is 53.5 Å². The third-order valence-electron chi connectivity index (χ3n) is 4.25. The van der Waals surface area contributed by atoms with E-state index in [0.717, 1.165) is 42.3 Å². The van der Waals surface area contributed by atoms with Crippen molar-refractivity contribution in [3.63, 3.8) is 0 Å². The van der Waals surface area contributed by atoms with Crippen LogP contribution in [-0.2, 0) is 6.42 Å². The molecule has 0 saturated carbocycles. The molecular weight excluding hydrogens is 328 g/mol. The molecule has 3 aromatic rings. The molecular formula is C19H24N6O. The minimum absolute atomic E-state index is 0.456. The molecule has 0 spiro atoms. The molecule has 0 amide bonds. The van der Waals surface area contributed by atoms with E-state index in [-0.39, 0.29) is 0 Å². The highest BCUT2D eigenvalue weighted by Crippen LogP contribution is 2.30. The van der Waals surface area contributed by atoms with Crippen LogP contribution in [0.1, 0.15) is 31.7 Å². The third kappa shape index (κ3) is 3.77. The standard InChI is InChI=1S/C19H24N6O/c1-3-7-14(21-2)8-5-4-6-9-15-16(17-10-22-13-26-17)11-25-18(15)19(20)23-12-24-25/h4,6-7,10-13,21H,3,5,8-9H2,1-2H3,(H2,20,23,24)/b6-4-,14-7+. The van der Waals surface area contributed by atoms with Crippen molar-refractivity contribution in [3.05, 3.63) is 54.6 Å². The van der Waals surface area contributed by atoms with E-state index in [4.69, 9.17) is 10.2 Å². The van der Waals surface area contributed by atoms with Crippen molar-refractivity contribution < 1.29 is 4.42 Å². The SMILES string of the molecule is CC/C=C(\CC/C=C\Cc1c(-c2cnco2)cn2ncnc(N)c12)NC. The van der Waals surface area contributed by atoms with Gasteiger partial charge in [-0.15, -0.1) is 0 Å². The maximum absolute atomic E-state index is 6.09. The fraction of sp³-hybridized carbons (Fsp3) is 0.316. The zero-order chi connectivity index (χ0) is 18.4. The summed E-state index contributed by atoms with van der Waals surface area (Å²) in [7, 11) is 1.96. The summed E-state index contributed by atoms with van der Waals surface area (Å²) in [6.07, 6.45) is 16.8. The molecule has 3 heterocycles. The molecule has 7 nitrogen and oxygen atoms in total. The van der Waals surface area contributed by atoms with E-state index in [9.17, 15) is 0 Å². The number of aromatic nitrogens is 4. The number of hydrogen-bond donors (Lipinski definition) is 2. The maximum Gasteiger partial charge on any atom is 0.181 e. The van der Waals surface area contributed by atoms with Gasteiger partial charge in [0.1, 0.15) is 11.8 Å². The van der Waals surface area contributed by atoms with E-state index in [0.29, 0.717) is 11.6 Å². The highest BCUT2D eigenvalue weighted by atomic mass is 16.3. The van der Waals surface area contributed by atoms with Crippen molar-refractivity contribution >= 4 is 11.3 Å². The minimum atomic E-state index is 0.456. The van der Waals surface area contributed by atoms with Crippen LogP contribution < -0.4 is 11.1 Å². The van der Waals surface area contributed by atoms with Crippen LogP contribution in [0, 0.1) is 0 Å². The van der Waals surface area contributed by atoms with Crippen LogP contribution in [0.4, 0.5) is 5.82 Å². The molecule has 7 heteroatoms. The van der Waals surface area contributed by atoms with Crippen molar-refractivity contribution in [2.75, 3.05) is 12.8 Å². The van der Waals surface area contributed by atoms with Gasteiger partial charge in [-0.3, -0.25) is 0 Å². The number of nitrogens with two attached hydrogens (primary N) is 1. The quantitative estimate of drug-likeness (QED) is 0.604. The van der Waals surface area contributed by atoms with E-state index < -0.39 is 0 Å². The van der Waals surface area contributed by atoms with E-state index in [2.05, 4.69) is 45.5 Å². The lowest BCUT2D eigenvalue weighted by Gasteiger charge is -2.04. The number of hydrogen-bond acceptors (Lipinski definition) is 6. The van der Waals surface area contributed by atoms with Gasteiger partial charge in [-0.05, 0) is 31.2 Å². The van der Waals surface area contributed by atoms with Gasteiger partial charge in [0.05, 0.1) is 6.20 Å². The number of fused-ring (bicyclic) bond motifs is 1. The first-order valence-electron chi connectivity index (χ1n) is 8.76. The summed E-state index contributed by atoms with van der Waals surface area (Å²) >= 11 is 0. The molecule has 136 valence electrons. The first-order valence-corrected chi connectivity index (χ1v) is 8.76. The Labute approximate surface area is 152 Å². The summed E-state index contributed by atoms with van der Waals surface area (Å²) in [5.74, 6) is 1.15. The number of rotatable bonds is 8. The smallest absolute Gasteiger partial charge is 0.181 e. The molecule has 0 radical (unpaired) electrons. The number of nitrogen functional groups attached to an aromatic ring is 1. The molecule has 0 aliphatic carbocycles. The summed E-state index contributed by atoms with van der Waals surface area (Å²) < 4.78 is 7.22. The summed E-state index contributed by atoms with van der Waals surface area (Å²) in [4.78, 5) is 8.14. The van der Waals surface area contributed by atoms with Crippen LogP contribution >= 0.6 is 0 Å². The van der Waals surface area contributed by atoms with Gasteiger partial charge in [0.2, 0.25) is 0 Å². The Morgan fingerprint density at radius 3 is 3.00 bits per heavy atom. The van der Waals surface area contributed by atoms with Gasteiger partial charge in [0.25, 0.3) is 0 Å². The Morgan fingerprint density at radius 2 is 2.27 bits per heavy atom. The number of nitrogens with zero attached hydrogens (tertiary/aromatic N) is 4. The molecule has 0 fully saturated rings. The molecule has 0 saturated heterocycles. The summed E-state index contributed by atoms with van der Waals surface area (Å²) in [5.41, 5.74) is 10.1. The topological polar surface area (TPSA) is 94.3 Å². The van der Waals surface area contributed by atoms with Crippen molar-refractivity contribution in [1.29, 1.82) is 0 Å². The highest BCUT2D eigenvalue weighted by molar-refractivity contribution is 5.80. The Balaban J connectivity index is 1.81. The molecule has 3 rings (SSSR count). The Kier molecular flexibility index (Phi) is 5.68. The zero-order valence-electron chi connectivity index (χ0n) is 15.1. The number of nitrogens with one attached hydrogen (secondary N) is 1. The van der Waals surface area contributed by atoms with Crippen molar-refractivity contribution in [2.24, 2.45) is 0 Å². The van der Waals surface area contributed by atoms with Gasteiger partial charge >= 0.3 is 0 Å². The fourth-order valence-electron chi connectivity index (χ4n) is 3.00. The monoisotopic (exact) mass is 352 g/mol. The molecule has 0 aliphatic rings. The van der Waals surface area contributed by atoms with Crippen LogP contribution in [0.2, 0.25) is 0 Å². The van der Waals surface area contributed by atoms with Crippen LogP contribution in [0.5, 0.6) is 0 Å². The van der Waals surface area contributed by atoms with Crippen LogP contribution in [0.25, 0.3) is 16.8 Å². The normalized spacial score (nSPS) is 12.3. The number of anilines is 1. The average Bonchev–Trinajstić information content (AvgIpc) is 3.28. The van der Waals surface area contributed by atoms with Crippen molar-refractivity contribution in [3.8, 4) is 11.3 Å². The zero-order valence-corrected chi connectivity index (χ0v) is 15.1. The van der Waals surface area contributed by atoms with Gasteiger partial charge in [-0.2, -0.15) is 5.10 Å². The van der Waals surface area contributed by atoms with E-state index >= 15 is 0 Å². The van der Waals surface area contributed by atoms with Gasteiger partial charge in [0.15, 0.2) is 18.0 Å². The van der Waals surface area contributed by atoms with E-state index in [1.54, 1.807) is 10.7 Å². The largest absolute Gasteiger partial charge is 0.443 e. The highest BCUT2D eigenvalue weighted by Gasteiger charge is 2.17. The predicted molar refractivity (Wildman–Crippen MR) is 102 cm³/mol. The maximum atomic E-state index is 6.09. The van der Waals surface area contributed by atoms with Crippen LogP contribution in [0.3, 0.4) is 0 Å². The van der Waals surface area contributed by atoms with Crippen molar-refractivity contribution in [2.45, 2.75) is 32.6 Å². The van der Waals surface area contributed by atoms with Gasteiger partial charge in [-0.1, -0.05) is 25.2 Å². The molecule has 0 aromatic carbocycles. The molecule has 0 aliphatic heterocycles. The second kappa shape index (κ2) is 8.33. The summed E-state index contributed by atoms with van der Waals surface area (Å²) in [5, 5.41) is 7.49.